The Morgan fingerprint density at radius 1 is 1.19 bits per heavy atom. The Balaban J connectivity index is 2.45. The summed E-state index contributed by atoms with van der Waals surface area (Å²) >= 11 is 0. The molecule has 0 aliphatic heterocycles. The molecule has 1 unspecified atom stereocenters. The Morgan fingerprint density at radius 2 is 1.94 bits per heavy atom. The number of hydrogen-bond acceptors (Lipinski definition) is 2. The number of nitrogens with zero attached hydrogens (tertiary/aromatic N) is 2. The third-order valence-corrected chi connectivity index (χ3v) is 2.98. The molecule has 1 atom stereocenters. The molecular weight excluding hydrogens is 200 g/mol. The normalized spacial score (nSPS) is 20.4. The van der Waals surface area contributed by atoms with Crippen molar-refractivity contribution in [3.05, 3.63) is 44.9 Å². The molecule has 4 heteroatoms. The Morgan fingerprint density at radius 3 is 2.69 bits per heavy atom. The fraction of sp³-hybridized carbons (Fsp3) is 0.0833. The minimum atomic E-state index is -0.346. The van der Waals surface area contributed by atoms with Gasteiger partial charge in [-0.25, -0.2) is 0 Å². The molecule has 1 aromatic rings. The minimum Gasteiger partial charge on any atom is -0.399 e. The molecule has 16 heavy (non-hydrogen) atoms. The molecular formula is C12H10N4. The average molecular weight is 210 g/mol. The van der Waals surface area contributed by atoms with Gasteiger partial charge in [0.05, 0.1) is 5.56 Å². The van der Waals surface area contributed by atoms with Crippen LogP contribution >= 0.6 is 0 Å². The maximum Gasteiger partial charge on any atom is 0.320 e. The Labute approximate surface area is 91.8 Å². The summed E-state index contributed by atoms with van der Waals surface area (Å²) in [4.78, 5) is 3.29. The van der Waals surface area contributed by atoms with E-state index >= 15 is 0 Å². The van der Waals surface area contributed by atoms with Crippen molar-refractivity contribution in [2.75, 3.05) is 0 Å². The van der Waals surface area contributed by atoms with Gasteiger partial charge in [0.1, 0.15) is 6.04 Å². The van der Waals surface area contributed by atoms with Crippen molar-refractivity contribution in [2.24, 2.45) is 11.5 Å². The third-order valence-electron chi connectivity index (χ3n) is 2.98. The van der Waals surface area contributed by atoms with Gasteiger partial charge in [-0.05, 0) is 34.2 Å². The number of hydrogen-bond donors (Lipinski definition) is 2. The quantitative estimate of drug-likeness (QED) is 0.421. The van der Waals surface area contributed by atoms with Gasteiger partial charge >= 0.3 is 5.71 Å². The van der Waals surface area contributed by atoms with E-state index in [0.717, 1.165) is 21.6 Å². The van der Waals surface area contributed by atoms with Crippen LogP contribution in [0.15, 0.2) is 17.8 Å². The first-order valence-electron chi connectivity index (χ1n) is 5.02. The van der Waals surface area contributed by atoms with E-state index in [0.29, 0.717) is 11.4 Å². The third kappa shape index (κ3) is 1.03. The summed E-state index contributed by atoms with van der Waals surface area (Å²) in [6.45, 7) is 0. The predicted molar refractivity (Wildman–Crippen MR) is 62.5 cm³/mol. The summed E-state index contributed by atoms with van der Waals surface area (Å²) in [5, 5.41) is 2.04. The zero-order chi connectivity index (χ0) is 11.3. The van der Waals surface area contributed by atoms with Gasteiger partial charge < -0.3 is 17.0 Å². The van der Waals surface area contributed by atoms with Crippen molar-refractivity contribution in [1.29, 1.82) is 0 Å². The lowest BCUT2D eigenvalue weighted by Crippen LogP contribution is -2.27. The maximum absolute atomic E-state index is 9.01. The van der Waals surface area contributed by atoms with Crippen LogP contribution in [0.3, 0.4) is 0 Å². The van der Waals surface area contributed by atoms with Crippen LogP contribution in [-0.2, 0) is 0 Å². The van der Waals surface area contributed by atoms with Gasteiger partial charge in [-0.3, -0.25) is 0 Å². The van der Waals surface area contributed by atoms with Crippen LogP contribution < -0.4 is 21.9 Å². The van der Waals surface area contributed by atoms with Gasteiger partial charge in [0.15, 0.2) is 0 Å². The maximum atomic E-state index is 9.01. The molecule has 0 saturated carbocycles. The first-order chi connectivity index (χ1) is 7.70. The summed E-state index contributed by atoms with van der Waals surface area (Å²) in [5.74, 6) is 0. The molecule has 4 nitrogen and oxygen atoms in total. The van der Waals surface area contributed by atoms with Crippen LogP contribution in [0.4, 0.5) is 0 Å². The second-order valence-electron chi connectivity index (χ2n) is 4.00. The van der Waals surface area contributed by atoms with Crippen molar-refractivity contribution in [1.82, 2.24) is 0 Å². The highest BCUT2D eigenvalue weighted by Gasteiger charge is 2.30. The monoisotopic (exact) mass is 210 g/mol. The van der Waals surface area contributed by atoms with Crippen molar-refractivity contribution in [3.8, 4) is 0 Å². The molecule has 0 radical (unpaired) electrons. The molecule has 0 aromatic heterocycles. The molecule has 0 heterocycles. The molecule has 2 aliphatic carbocycles. The van der Waals surface area contributed by atoms with Crippen molar-refractivity contribution in [3.63, 3.8) is 0 Å². The minimum absolute atomic E-state index is 0.346. The lowest BCUT2D eigenvalue weighted by Gasteiger charge is -1.98. The zero-order valence-electron chi connectivity index (χ0n) is 8.51. The van der Waals surface area contributed by atoms with Crippen LogP contribution in [0, 0.1) is 0 Å². The molecule has 0 fully saturated rings. The lowest BCUT2D eigenvalue weighted by atomic mass is 10.0. The topological polar surface area (TPSA) is 88.4 Å². The highest BCUT2D eigenvalue weighted by molar-refractivity contribution is 6.10. The molecule has 2 aliphatic rings. The second-order valence-corrected chi connectivity index (χ2v) is 4.00. The molecule has 78 valence electrons. The largest absolute Gasteiger partial charge is 0.399 e. The molecule has 1 aromatic carbocycles. The Bertz CT molecular complexity index is 690. The van der Waals surface area contributed by atoms with E-state index in [2.05, 4.69) is 4.79 Å². The molecule has 0 amide bonds. The zero-order valence-corrected chi connectivity index (χ0v) is 8.51. The summed E-state index contributed by atoms with van der Waals surface area (Å²) < 4.78 is 0. The van der Waals surface area contributed by atoms with Crippen LogP contribution in [0.1, 0.15) is 11.1 Å². The van der Waals surface area contributed by atoms with E-state index in [1.54, 1.807) is 0 Å². The molecule has 4 N–H and O–H groups in total. The summed E-state index contributed by atoms with van der Waals surface area (Å²) in [6, 6.07) is 3.62. The fourth-order valence-corrected chi connectivity index (χ4v) is 2.30. The van der Waals surface area contributed by atoms with Gasteiger partial charge in [-0.15, -0.1) is 0 Å². The number of rotatable bonds is 0. The van der Waals surface area contributed by atoms with Crippen molar-refractivity contribution < 1.29 is 4.79 Å². The summed E-state index contributed by atoms with van der Waals surface area (Å²) in [6.07, 6.45) is 5.66. The predicted octanol–water partition coefficient (Wildman–Crippen LogP) is -1.08. The van der Waals surface area contributed by atoms with E-state index in [1.165, 1.54) is 0 Å². The van der Waals surface area contributed by atoms with Gasteiger partial charge in [0.25, 0.3) is 0 Å². The number of benzene rings is 1. The molecule has 3 rings (SSSR count). The van der Waals surface area contributed by atoms with Crippen LogP contribution in [-0.4, -0.2) is 16.5 Å². The van der Waals surface area contributed by atoms with E-state index < -0.39 is 0 Å². The van der Waals surface area contributed by atoms with Gasteiger partial charge in [0.2, 0.25) is 0 Å². The number of fused-ring (bicyclic) bond motifs is 3. The molecule has 0 bridgehead atoms. The number of nitrogens with two attached hydrogens (primary N) is 2. The summed E-state index contributed by atoms with van der Waals surface area (Å²) in [7, 11) is 0. The lowest BCUT2D eigenvalue weighted by molar-refractivity contribution is -0.00659. The SMILES string of the molecule is [N-]=[N+]=C1c2c3c(ccc2=CC1N)=CC(N)=C3. The van der Waals surface area contributed by atoms with Crippen molar-refractivity contribution in [2.45, 2.75) is 6.04 Å². The van der Waals surface area contributed by atoms with Crippen LogP contribution in [0.2, 0.25) is 0 Å². The van der Waals surface area contributed by atoms with Gasteiger partial charge in [0, 0.05) is 5.70 Å². The standard InChI is InChI=1S/C12H10N4/c13-8-3-6-1-2-7-4-10(14)12(16-15)11(7)9(6)5-8/h1-5,10H,13-14H2. The van der Waals surface area contributed by atoms with Gasteiger partial charge in [-0.1, -0.05) is 12.1 Å². The van der Waals surface area contributed by atoms with Crippen LogP contribution in [0.5, 0.6) is 0 Å². The second kappa shape index (κ2) is 2.92. The van der Waals surface area contributed by atoms with E-state index in [1.807, 2.05) is 30.4 Å². The Kier molecular flexibility index (Phi) is 1.66. The molecule has 0 spiro atoms. The van der Waals surface area contributed by atoms with Gasteiger partial charge in [-0.2, -0.15) is 4.79 Å². The first-order valence-corrected chi connectivity index (χ1v) is 5.02. The van der Waals surface area contributed by atoms with E-state index in [-0.39, 0.29) is 6.04 Å². The Hall–Kier alpha value is -2.16. The van der Waals surface area contributed by atoms with Crippen LogP contribution in [0.25, 0.3) is 23.8 Å². The van der Waals surface area contributed by atoms with E-state index in [9.17, 15) is 0 Å². The average Bonchev–Trinajstić information content (AvgIpc) is 2.75. The highest BCUT2D eigenvalue weighted by Crippen LogP contribution is 2.14. The first kappa shape index (κ1) is 9.09. The fourth-order valence-electron chi connectivity index (χ4n) is 2.30. The summed E-state index contributed by atoms with van der Waals surface area (Å²) in [5.41, 5.74) is 23.7. The molecule has 0 saturated heterocycles. The highest BCUT2D eigenvalue weighted by atomic mass is 14.9. The number of allylic oxidation sites excluding steroid dienone is 1. The smallest absolute Gasteiger partial charge is 0.320 e. The van der Waals surface area contributed by atoms with E-state index in [4.69, 9.17) is 17.0 Å². The van der Waals surface area contributed by atoms with Crippen molar-refractivity contribution >= 4 is 23.9 Å².